The minimum Gasteiger partial charge on any atom is -0.468 e. The number of esters is 1. The van der Waals surface area contributed by atoms with Crippen LogP contribution in [0.3, 0.4) is 0 Å². The third kappa shape index (κ3) is 2.59. The van der Waals surface area contributed by atoms with Crippen molar-refractivity contribution in [2.45, 2.75) is 30.2 Å². The topological polar surface area (TPSA) is 82.4 Å². The molecule has 2 heterocycles. The Balaban J connectivity index is 2.13. The van der Waals surface area contributed by atoms with Gasteiger partial charge in [0.1, 0.15) is 0 Å². The molecule has 0 saturated carbocycles. The van der Waals surface area contributed by atoms with Crippen molar-refractivity contribution in [2.75, 3.05) is 12.9 Å². The molecule has 1 aliphatic heterocycles. The Hall–Kier alpha value is -2.41. The summed E-state index contributed by atoms with van der Waals surface area (Å²) in [6.07, 6.45) is 2.10. The molecule has 1 unspecified atom stereocenters. The van der Waals surface area contributed by atoms with Crippen molar-refractivity contribution in [1.29, 1.82) is 0 Å². The summed E-state index contributed by atoms with van der Waals surface area (Å²) >= 11 is 0. The molecule has 0 spiro atoms. The van der Waals surface area contributed by atoms with Crippen molar-refractivity contribution in [3.05, 3.63) is 53.9 Å². The number of sulfone groups is 1. The SMILES string of the molecule is CCS(=O)(=O)c1cccc(C(=O)C2(C(=O)OC)CCn3cccc32)c1. The normalized spacial score (nSPS) is 19.4. The van der Waals surface area contributed by atoms with Crippen LogP contribution in [0.2, 0.25) is 0 Å². The first kappa shape index (κ1) is 17.4. The number of ketones is 1. The molecule has 0 fully saturated rings. The van der Waals surface area contributed by atoms with Crippen LogP contribution in [-0.4, -0.2) is 37.6 Å². The molecule has 132 valence electrons. The van der Waals surface area contributed by atoms with E-state index < -0.39 is 27.0 Å². The van der Waals surface area contributed by atoms with Gasteiger partial charge < -0.3 is 9.30 Å². The smallest absolute Gasteiger partial charge is 0.325 e. The van der Waals surface area contributed by atoms with Crippen LogP contribution < -0.4 is 0 Å². The number of aromatic nitrogens is 1. The lowest BCUT2D eigenvalue weighted by molar-refractivity contribution is -0.145. The number of ether oxygens (including phenoxy) is 1. The van der Waals surface area contributed by atoms with E-state index >= 15 is 0 Å². The summed E-state index contributed by atoms with van der Waals surface area (Å²) < 4.78 is 31.0. The number of methoxy groups -OCH3 is 1. The number of hydrogen-bond acceptors (Lipinski definition) is 5. The Bertz CT molecular complexity index is 944. The number of hydrogen-bond donors (Lipinski definition) is 0. The van der Waals surface area contributed by atoms with Crippen molar-refractivity contribution >= 4 is 21.6 Å². The molecule has 0 radical (unpaired) electrons. The van der Waals surface area contributed by atoms with E-state index in [0.29, 0.717) is 18.7 Å². The van der Waals surface area contributed by atoms with Crippen molar-refractivity contribution < 1.29 is 22.7 Å². The number of aryl methyl sites for hydroxylation is 1. The second kappa shape index (κ2) is 6.15. The predicted octanol–water partition coefficient (Wildman–Crippen LogP) is 1.98. The van der Waals surface area contributed by atoms with Gasteiger partial charge in [0, 0.05) is 24.0 Å². The quantitative estimate of drug-likeness (QED) is 0.462. The van der Waals surface area contributed by atoms with E-state index in [9.17, 15) is 18.0 Å². The van der Waals surface area contributed by atoms with E-state index in [1.165, 1.54) is 31.4 Å². The summed E-state index contributed by atoms with van der Waals surface area (Å²) in [5.74, 6) is -1.13. The lowest BCUT2D eigenvalue weighted by Gasteiger charge is -2.24. The largest absolute Gasteiger partial charge is 0.468 e. The first-order valence-electron chi connectivity index (χ1n) is 7.98. The van der Waals surface area contributed by atoms with Gasteiger partial charge >= 0.3 is 5.97 Å². The van der Waals surface area contributed by atoms with Gasteiger partial charge in [-0.2, -0.15) is 0 Å². The summed E-state index contributed by atoms with van der Waals surface area (Å²) in [4.78, 5) is 25.9. The number of benzene rings is 1. The highest BCUT2D eigenvalue weighted by Gasteiger charge is 2.53. The van der Waals surface area contributed by atoms with Crippen molar-refractivity contribution in [1.82, 2.24) is 4.57 Å². The molecule has 2 aromatic rings. The average Bonchev–Trinajstić information content (AvgIpc) is 3.23. The van der Waals surface area contributed by atoms with Gasteiger partial charge in [-0.15, -0.1) is 0 Å². The number of fused-ring (bicyclic) bond motifs is 1. The standard InChI is InChI=1S/C18H19NO5S/c1-3-25(22,23)14-7-4-6-13(12-14)16(20)18(17(21)24-2)9-11-19-10-5-8-15(18)19/h4-8,10,12H,3,9,11H2,1-2H3. The first-order chi connectivity index (χ1) is 11.9. The van der Waals surface area contributed by atoms with Gasteiger partial charge in [-0.25, -0.2) is 8.42 Å². The molecular weight excluding hydrogens is 342 g/mol. The molecule has 1 atom stereocenters. The van der Waals surface area contributed by atoms with Gasteiger partial charge in [0.2, 0.25) is 0 Å². The second-order valence-corrected chi connectivity index (χ2v) is 8.27. The van der Waals surface area contributed by atoms with Gasteiger partial charge in [0.05, 0.1) is 17.8 Å². The van der Waals surface area contributed by atoms with Crippen LogP contribution in [0, 0.1) is 0 Å². The number of rotatable bonds is 5. The van der Waals surface area contributed by atoms with E-state index in [1.54, 1.807) is 19.1 Å². The minimum atomic E-state index is -3.45. The lowest BCUT2D eigenvalue weighted by atomic mass is 9.76. The zero-order chi connectivity index (χ0) is 18.2. The molecule has 0 N–H and O–H groups in total. The zero-order valence-corrected chi connectivity index (χ0v) is 14.9. The zero-order valence-electron chi connectivity index (χ0n) is 14.1. The van der Waals surface area contributed by atoms with Gasteiger partial charge in [0.15, 0.2) is 21.0 Å². The van der Waals surface area contributed by atoms with Gasteiger partial charge in [-0.05, 0) is 30.7 Å². The van der Waals surface area contributed by atoms with E-state index in [-0.39, 0.29) is 16.2 Å². The number of carbonyl (C=O) groups is 2. The van der Waals surface area contributed by atoms with Crippen LogP contribution >= 0.6 is 0 Å². The lowest BCUT2D eigenvalue weighted by Crippen LogP contribution is -2.43. The molecule has 0 saturated heterocycles. The van der Waals surface area contributed by atoms with Crippen LogP contribution in [0.5, 0.6) is 0 Å². The summed E-state index contributed by atoms with van der Waals surface area (Å²) in [6, 6.07) is 9.36. The fourth-order valence-electron chi connectivity index (χ4n) is 3.36. The first-order valence-corrected chi connectivity index (χ1v) is 9.63. The molecule has 1 aromatic heterocycles. The second-order valence-electron chi connectivity index (χ2n) is 5.99. The monoisotopic (exact) mass is 361 g/mol. The molecule has 25 heavy (non-hydrogen) atoms. The van der Waals surface area contributed by atoms with Gasteiger partial charge in [-0.3, -0.25) is 9.59 Å². The molecule has 3 rings (SSSR count). The maximum absolute atomic E-state index is 13.3. The minimum absolute atomic E-state index is 0.0599. The fraction of sp³-hybridized carbons (Fsp3) is 0.333. The van der Waals surface area contributed by atoms with Crippen molar-refractivity contribution in [3.8, 4) is 0 Å². The average molecular weight is 361 g/mol. The number of Topliss-reactive ketones (excluding diaryl/α,β-unsaturated/α-hetero) is 1. The summed E-state index contributed by atoms with van der Waals surface area (Å²) in [7, 11) is -2.20. The molecule has 0 bridgehead atoms. The molecule has 0 amide bonds. The van der Waals surface area contributed by atoms with Crippen LogP contribution in [0.4, 0.5) is 0 Å². The molecule has 1 aliphatic rings. The molecule has 6 nitrogen and oxygen atoms in total. The molecule has 1 aromatic carbocycles. The third-order valence-corrected chi connectivity index (χ3v) is 6.48. The van der Waals surface area contributed by atoms with Crippen LogP contribution in [0.25, 0.3) is 0 Å². The van der Waals surface area contributed by atoms with Gasteiger partial charge in [0.25, 0.3) is 0 Å². The predicted molar refractivity (Wildman–Crippen MR) is 91.2 cm³/mol. The van der Waals surface area contributed by atoms with Crippen LogP contribution in [-0.2, 0) is 31.3 Å². The summed E-state index contributed by atoms with van der Waals surface area (Å²) in [6.45, 7) is 2.07. The van der Waals surface area contributed by atoms with Crippen LogP contribution in [0.1, 0.15) is 29.4 Å². The number of nitrogens with zero attached hydrogens (tertiary/aromatic N) is 1. The Kier molecular flexibility index (Phi) is 4.28. The van der Waals surface area contributed by atoms with E-state index in [2.05, 4.69) is 0 Å². The highest BCUT2D eigenvalue weighted by atomic mass is 32.2. The Morgan fingerprint density at radius 2 is 2.00 bits per heavy atom. The van der Waals surface area contributed by atoms with Crippen LogP contribution in [0.15, 0.2) is 47.5 Å². The molecular formula is C18H19NO5S. The van der Waals surface area contributed by atoms with E-state index in [4.69, 9.17) is 4.74 Å². The highest BCUT2D eigenvalue weighted by molar-refractivity contribution is 7.91. The Morgan fingerprint density at radius 3 is 2.68 bits per heavy atom. The third-order valence-electron chi connectivity index (χ3n) is 4.75. The number of carbonyl (C=O) groups excluding carboxylic acids is 2. The summed E-state index contributed by atoms with van der Waals surface area (Å²) in [5, 5.41) is 0. The van der Waals surface area contributed by atoms with E-state index in [1.807, 2.05) is 10.8 Å². The molecule has 0 aliphatic carbocycles. The maximum Gasteiger partial charge on any atom is 0.325 e. The Labute approximate surface area is 146 Å². The molecule has 7 heteroatoms. The van der Waals surface area contributed by atoms with Crippen molar-refractivity contribution in [2.24, 2.45) is 0 Å². The fourth-order valence-corrected chi connectivity index (χ4v) is 4.29. The van der Waals surface area contributed by atoms with Crippen molar-refractivity contribution in [3.63, 3.8) is 0 Å². The highest BCUT2D eigenvalue weighted by Crippen LogP contribution is 2.39. The maximum atomic E-state index is 13.3. The van der Waals surface area contributed by atoms with Gasteiger partial charge in [-0.1, -0.05) is 19.1 Å². The Morgan fingerprint density at radius 1 is 1.24 bits per heavy atom. The summed E-state index contributed by atoms with van der Waals surface area (Å²) in [5.41, 5.74) is -0.671. The van der Waals surface area contributed by atoms with E-state index in [0.717, 1.165) is 0 Å².